The van der Waals surface area contributed by atoms with Gasteiger partial charge in [-0.25, -0.2) is 0 Å². The number of hydrogen-bond acceptors (Lipinski definition) is 3. The Hall–Kier alpha value is -2.12. The van der Waals surface area contributed by atoms with Crippen LogP contribution in [0.4, 0.5) is 13.2 Å². The number of nitrogens with one attached hydrogen (secondary N) is 1. The molecule has 0 bridgehead atoms. The Kier molecular flexibility index (Phi) is 4.47. The highest BCUT2D eigenvalue weighted by Crippen LogP contribution is 2.29. The van der Waals surface area contributed by atoms with Gasteiger partial charge in [0.05, 0.1) is 12.0 Å². The third-order valence-corrected chi connectivity index (χ3v) is 2.18. The number of hydrogen-bond donors (Lipinski definition) is 2. The molecule has 0 aliphatic carbocycles. The Morgan fingerprint density at radius 2 is 2.11 bits per heavy atom. The number of amides is 1. The summed E-state index contributed by atoms with van der Waals surface area (Å²) in [4.78, 5) is 25.2. The molecule has 1 atom stereocenters. The van der Waals surface area contributed by atoms with Crippen LogP contribution in [0.3, 0.4) is 0 Å². The second-order valence-corrected chi connectivity index (χ2v) is 3.87. The average molecular weight is 276 g/mol. The van der Waals surface area contributed by atoms with Gasteiger partial charge in [-0.05, 0) is 19.1 Å². The number of aliphatic carboxylic acids is 1. The lowest BCUT2D eigenvalue weighted by molar-refractivity contribution is -0.141. The van der Waals surface area contributed by atoms with Crippen molar-refractivity contribution in [3.8, 4) is 0 Å². The van der Waals surface area contributed by atoms with Gasteiger partial charge in [-0.15, -0.1) is 0 Å². The molecule has 104 valence electrons. The molecule has 0 aliphatic rings. The van der Waals surface area contributed by atoms with Crippen molar-refractivity contribution in [3.63, 3.8) is 0 Å². The summed E-state index contributed by atoms with van der Waals surface area (Å²) >= 11 is 0. The van der Waals surface area contributed by atoms with Crippen LogP contribution in [0.5, 0.6) is 0 Å². The van der Waals surface area contributed by atoms with E-state index in [1.807, 2.05) is 0 Å². The lowest BCUT2D eigenvalue weighted by Gasteiger charge is -2.14. The number of carboxylic acid groups (broad SMARTS) is 1. The van der Waals surface area contributed by atoms with Gasteiger partial charge in [0.15, 0.2) is 5.69 Å². The second kappa shape index (κ2) is 5.68. The Labute approximate surface area is 106 Å². The fourth-order valence-corrected chi connectivity index (χ4v) is 1.43. The first kappa shape index (κ1) is 14.9. The maximum atomic E-state index is 12.6. The van der Waals surface area contributed by atoms with Crippen molar-refractivity contribution in [1.82, 2.24) is 10.3 Å². The number of carbonyl (C=O) groups is 2. The molecule has 0 radical (unpaired) electrons. The third kappa shape index (κ3) is 4.23. The molecule has 1 heterocycles. The summed E-state index contributed by atoms with van der Waals surface area (Å²) < 4.78 is 37.9. The number of carboxylic acids is 1. The highest BCUT2D eigenvalue weighted by atomic mass is 19.4. The maximum Gasteiger partial charge on any atom is 0.434 e. The first-order valence-corrected chi connectivity index (χ1v) is 5.26. The van der Waals surface area contributed by atoms with E-state index in [0.29, 0.717) is 0 Å². The number of nitrogens with zero attached hydrogens (tertiary/aromatic N) is 1. The number of aromatic nitrogens is 1. The molecule has 0 saturated heterocycles. The zero-order chi connectivity index (χ0) is 14.6. The lowest BCUT2D eigenvalue weighted by atomic mass is 10.1. The lowest BCUT2D eigenvalue weighted by Crippen LogP contribution is -2.35. The van der Waals surface area contributed by atoms with Crippen LogP contribution in [-0.2, 0) is 11.0 Å². The Bertz CT molecular complexity index is 488. The minimum atomic E-state index is -4.75. The Morgan fingerprint density at radius 1 is 1.47 bits per heavy atom. The monoisotopic (exact) mass is 276 g/mol. The zero-order valence-electron chi connectivity index (χ0n) is 9.86. The average Bonchev–Trinajstić information content (AvgIpc) is 2.26. The van der Waals surface area contributed by atoms with E-state index < -0.39 is 35.4 Å². The van der Waals surface area contributed by atoms with Crippen LogP contribution in [0.25, 0.3) is 0 Å². The topological polar surface area (TPSA) is 79.3 Å². The van der Waals surface area contributed by atoms with Crippen LogP contribution < -0.4 is 5.32 Å². The van der Waals surface area contributed by atoms with Crippen LogP contribution in [0.1, 0.15) is 29.4 Å². The first-order valence-electron chi connectivity index (χ1n) is 5.26. The molecule has 1 aromatic rings. The van der Waals surface area contributed by atoms with Gasteiger partial charge in [-0.1, -0.05) is 0 Å². The van der Waals surface area contributed by atoms with Gasteiger partial charge < -0.3 is 10.4 Å². The molecule has 1 unspecified atom stereocenters. The molecule has 2 N–H and O–H groups in total. The first-order chi connectivity index (χ1) is 8.71. The summed E-state index contributed by atoms with van der Waals surface area (Å²) in [5, 5.41) is 10.7. The van der Waals surface area contributed by atoms with Gasteiger partial charge in [0.2, 0.25) is 0 Å². The quantitative estimate of drug-likeness (QED) is 0.877. The fourth-order valence-electron chi connectivity index (χ4n) is 1.43. The van der Waals surface area contributed by atoms with E-state index in [-0.39, 0.29) is 6.42 Å². The molecule has 1 rings (SSSR count). The molecule has 0 spiro atoms. The minimum Gasteiger partial charge on any atom is -0.481 e. The minimum absolute atomic E-state index is 0.382. The molecule has 5 nitrogen and oxygen atoms in total. The Balaban J connectivity index is 2.92. The van der Waals surface area contributed by atoms with Crippen LogP contribution in [-0.4, -0.2) is 28.0 Å². The van der Waals surface area contributed by atoms with E-state index in [0.717, 1.165) is 12.3 Å². The van der Waals surface area contributed by atoms with Crippen LogP contribution in [0, 0.1) is 0 Å². The fraction of sp³-hybridized carbons (Fsp3) is 0.364. The standard InChI is InChI=1S/C11H11F3N2O3/c1-6(5-8(17)18)16-10(19)7-3-2-4-15-9(7)11(12,13)14/h2-4,6H,5H2,1H3,(H,16,19)(H,17,18). The summed E-state index contributed by atoms with van der Waals surface area (Å²) in [6.45, 7) is 1.38. The van der Waals surface area contributed by atoms with Gasteiger partial charge in [-0.3, -0.25) is 14.6 Å². The van der Waals surface area contributed by atoms with Crippen molar-refractivity contribution in [3.05, 3.63) is 29.6 Å². The molecule has 0 fully saturated rings. The number of halogens is 3. The van der Waals surface area contributed by atoms with Gasteiger partial charge in [-0.2, -0.15) is 13.2 Å². The van der Waals surface area contributed by atoms with Crippen molar-refractivity contribution >= 4 is 11.9 Å². The zero-order valence-corrected chi connectivity index (χ0v) is 9.86. The molecule has 0 aliphatic heterocycles. The highest BCUT2D eigenvalue weighted by Gasteiger charge is 2.37. The van der Waals surface area contributed by atoms with Crippen molar-refractivity contribution in [2.45, 2.75) is 25.6 Å². The molecular weight excluding hydrogens is 265 g/mol. The smallest absolute Gasteiger partial charge is 0.434 e. The van der Waals surface area contributed by atoms with E-state index in [1.165, 1.54) is 13.0 Å². The van der Waals surface area contributed by atoms with Crippen molar-refractivity contribution in [1.29, 1.82) is 0 Å². The van der Waals surface area contributed by atoms with E-state index >= 15 is 0 Å². The molecule has 1 aromatic heterocycles. The maximum absolute atomic E-state index is 12.6. The predicted molar refractivity (Wildman–Crippen MR) is 58.4 cm³/mol. The Morgan fingerprint density at radius 3 is 2.63 bits per heavy atom. The third-order valence-electron chi connectivity index (χ3n) is 2.18. The van der Waals surface area contributed by atoms with Gasteiger partial charge in [0.25, 0.3) is 5.91 Å². The van der Waals surface area contributed by atoms with Crippen molar-refractivity contribution in [2.75, 3.05) is 0 Å². The summed E-state index contributed by atoms with van der Waals surface area (Å²) in [5.41, 5.74) is -1.93. The summed E-state index contributed by atoms with van der Waals surface area (Å²) in [7, 11) is 0. The molecule has 0 aromatic carbocycles. The van der Waals surface area contributed by atoms with Gasteiger partial charge in [0.1, 0.15) is 0 Å². The SMILES string of the molecule is CC(CC(=O)O)NC(=O)c1cccnc1C(F)(F)F. The predicted octanol–water partition coefficient (Wildman–Crippen LogP) is 1.69. The van der Waals surface area contributed by atoms with Crippen LogP contribution in [0.2, 0.25) is 0 Å². The largest absolute Gasteiger partial charge is 0.481 e. The number of alkyl halides is 3. The van der Waals surface area contributed by atoms with E-state index in [2.05, 4.69) is 10.3 Å². The highest BCUT2D eigenvalue weighted by molar-refractivity contribution is 5.95. The van der Waals surface area contributed by atoms with E-state index in [9.17, 15) is 22.8 Å². The second-order valence-electron chi connectivity index (χ2n) is 3.87. The molecule has 19 heavy (non-hydrogen) atoms. The van der Waals surface area contributed by atoms with E-state index in [1.54, 1.807) is 0 Å². The van der Waals surface area contributed by atoms with Crippen LogP contribution in [0.15, 0.2) is 18.3 Å². The van der Waals surface area contributed by atoms with E-state index in [4.69, 9.17) is 5.11 Å². The summed E-state index contributed by atoms with van der Waals surface area (Å²) in [5.74, 6) is -2.16. The number of rotatable bonds is 4. The molecule has 1 amide bonds. The number of carbonyl (C=O) groups excluding carboxylic acids is 1. The molecular formula is C11H11F3N2O3. The van der Waals surface area contributed by atoms with Crippen molar-refractivity contribution in [2.24, 2.45) is 0 Å². The number of pyridine rings is 1. The molecule has 0 saturated carbocycles. The summed E-state index contributed by atoms with van der Waals surface area (Å²) in [6, 6.07) is 1.40. The van der Waals surface area contributed by atoms with Crippen molar-refractivity contribution < 1.29 is 27.9 Å². The summed E-state index contributed by atoms with van der Waals surface area (Å²) in [6.07, 6.45) is -4.20. The van der Waals surface area contributed by atoms with Crippen LogP contribution >= 0.6 is 0 Å². The van der Waals surface area contributed by atoms with Gasteiger partial charge >= 0.3 is 12.1 Å². The van der Waals surface area contributed by atoms with Gasteiger partial charge in [0, 0.05) is 12.2 Å². The molecule has 8 heteroatoms. The normalized spacial score (nSPS) is 12.8.